The molecule has 10 heteroatoms. The van der Waals surface area contributed by atoms with Gasteiger partial charge in [0.05, 0.1) is 23.7 Å². The minimum absolute atomic E-state index is 0.0417. The van der Waals surface area contributed by atoms with Crippen molar-refractivity contribution >= 4 is 38.9 Å². The van der Waals surface area contributed by atoms with Crippen molar-refractivity contribution in [2.75, 3.05) is 22.9 Å². The number of aromatic nitrogens is 2. The molecular weight excluding hydrogens is 356 g/mol. The lowest BCUT2D eigenvalue weighted by Gasteiger charge is -2.09. The number of halogens is 1. The van der Waals surface area contributed by atoms with Gasteiger partial charge in [0, 0.05) is 30.1 Å². The number of aliphatic hydroxyl groups excluding tert-OH is 1. The quantitative estimate of drug-likeness (QED) is 0.682. The molecular formula is C14H17ClN4O4S. The molecule has 2 aromatic rings. The second-order valence-corrected chi connectivity index (χ2v) is 7.31. The van der Waals surface area contributed by atoms with Crippen molar-refractivity contribution in [2.24, 2.45) is 0 Å². The highest BCUT2D eigenvalue weighted by molar-refractivity contribution is 7.92. The monoisotopic (exact) mass is 372 g/mol. The van der Waals surface area contributed by atoms with E-state index in [0.717, 1.165) is 6.26 Å². The Morgan fingerprint density at radius 3 is 2.71 bits per heavy atom. The van der Waals surface area contributed by atoms with E-state index in [1.807, 2.05) is 0 Å². The highest BCUT2D eigenvalue weighted by Crippen LogP contribution is 2.23. The van der Waals surface area contributed by atoms with Gasteiger partial charge in [-0.15, -0.1) is 0 Å². The van der Waals surface area contributed by atoms with Gasteiger partial charge in [-0.2, -0.15) is 5.10 Å². The molecule has 2 rings (SSSR count). The molecule has 0 bridgehead atoms. The van der Waals surface area contributed by atoms with Crippen LogP contribution in [0, 0.1) is 0 Å². The summed E-state index contributed by atoms with van der Waals surface area (Å²) in [6, 6.07) is 4.40. The van der Waals surface area contributed by atoms with E-state index < -0.39 is 15.9 Å². The number of benzene rings is 1. The van der Waals surface area contributed by atoms with E-state index in [1.54, 1.807) is 10.9 Å². The van der Waals surface area contributed by atoms with Crippen LogP contribution in [0.3, 0.4) is 0 Å². The molecule has 0 spiro atoms. The second-order valence-electron chi connectivity index (χ2n) is 5.13. The molecule has 0 radical (unpaired) electrons. The Balaban J connectivity index is 2.12. The number of hydrogen-bond donors (Lipinski definition) is 3. The summed E-state index contributed by atoms with van der Waals surface area (Å²) in [5.41, 5.74) is 0.936. The number of rotatable bonds is 7. The van der Waals surface area contributed by atoms with Crippen molar-refractivity contribution in [1.82, 2.24) is 9.78 Å². The number of sulfonamides is 1. The first kappa shape index (κ1) is 18.2. The van der Waals surface area contributed by atoms with Crippen molar-refractivity contribution in [3.63, 3.8) is 0 Å². The Labute approximate surface area is 144 Å². The van der Waals surface area contributed by atoms with Crippen LogP contribution in [0.25, 0.3) is 0 Å². The predicted octanol–water partition coefficient (Wildman–Crippen LogP) is 1.54. The van der Waals surface area contributed by atoms with Crippen molar-refractivity contribution < 1.29 is 18.3 Å². The molecule has 1 aromatic carbocycles. The van der Waals surface area contributed by atoms with E-state index >= 15 is 0 Å². The zero-order chi connectivity index (χ0) is 17.7. The molecule has 1 amide bonds. The maximum absolute atomic E-state index is 12.2. The molecule has 0 saturated heterocycles. The van der Waals surface area contributed by atoms with Crippen LogP contribution in [0.4, 0.5) is 11.4 Å². The number of nitrogens with one attached hydrogen (secondary N) is 2. The van der Waals surface area contributed by atoms with Crippen molar-refractivity contribution in [2.45, 2.75) is 13.0 Å². The van der Waals surface area contributed by atoms with Crippen LogP contribution >= 0.6 is 11.6 Å². The Hall–Kier alpha value is -2.10. The van der Waals surface area contributed by atoms with Crippen LogP contribution in [0.1, 0.15) is 16.8 Å². The first-order valence-corrected chi connectivity index (χ1v) is 9.27. The van der Waals surface area contributed by atoms with Crippen LogP contribution in [0.2, 0.25) is 5.02 Å². The minimum Gasteiger partial charge on any atom is -0.396 e. The van der Waals surface area contributed by atoms with Gasteiger partial charge in [-0.3, -0.25) is 14.2 Å². The number of amides is 1. The summed E-state index contributed by atoms with van der Waals surface area (Å²) in [6.07, 6.45) is 4.53. The average molecular weight is 373 g/mol. The third kappa shape index (κ3) is 5.52. The van der Waals surface area contributed by atoms with Crippen molar-refractivity contribution in [1.29, 1.82) is 0 Å². The molecule has 0 aliphatic heterocycles. The van der Waals surface area contributed by atoms with E-state index in [9.17, 15) is 13.2 Å². The van der Waals surface area contributed by atoms with Gasteiger partial charge < -0.3 is 10.4 Å². The lowest BCUT2D eigenvalue weighted by molar-refractivity contribution is 0.102. The van der Waals surface area contributed by atoms with Crippen molar-refractivity contribution in [3.8, 4) is 0 Å². The Bertz CT molecular complexity index is 835. The van der Waals surface area contributed by atoms with E-state index in [2.05, 4.69) is 15.1 Å². The number of hydrogen-bond acceptors (Lipinski definition) is 5. The lowest BCUT2D eigenvalue weighted by Crippen LogP contribution is -2.13. The average Bonchev–Trinajstić information content (AvgIpc) is 2.91. The SMILES string of the molecule is CS(=O)(=O)Nc1cc(Cl)cc(NC(=O)c2cnn(CCCO)c2)c1. The number of nitrogens with zero attached hydrogens (tertiary/aromatic N) is 2. The third-order valence-electron chi connectivity index (χ3n) is 2.90. The number of carbonyl (C=O) groups excluding carboxylic acids is 1. The van der Waals surface area contributed by atoms with E-state index in [0.29, 0.717) is 24.2 Å². The highest BCUT2D eigenvalue weighted by atomic mass is 35.5. The molecule has 1 heterocycles. The zero-order valence-corrected chi connectivity index (χ0v) is 14.4. The fourth-order valence-corrected chi connectivity index (χ4v) is 2.75. The number of anilines is 2. The summed E-state index contributed by atoms with van der Waals surface area (Å²) in [7, 11) is -3.45. The summed E-state index contributed by atoms with van der Waals surface area (Å²) >= 11 is 5.94. The van der Waals surface area contributed by atoms with Crippen LogP contribution < -0.4 is 10.0 Å². The first-order chi connectivity index (χ1) is 11.3. The van der Waals surface area contributed by atoms with E-state index in [1.165, 1.54) is 24.4 Å². The molecule has 0 unspecified atom stereocenters. The molecule has 0 saturated carbocycles. The van der Waals surface area contributed by atoms with Crippen LogP contribution in [0.5, 0.6) is 0 Å². The number of carbonyl (C=O) groups is 1. The van der Waals surface area contributed by atoms with Crippen LogP contribution in [-0.2, 0) is 16.6 Å². The summed E-state index contributed by atoms with van der Waals surface area (Å²) in [5, 5.41) is 15.7. The second kappa shape index (κ2) is 7.65. The van der Waals surface area contributed by atoms with Gasteiger partial charge in [0.15, 0.2) is 0 Å². The summed E-state index contributed by atoms with van der Waals surface area (Å²) in [6.45, 7) is 0.545. The number of aryl methyl sites for hydroxylation is 1. The van der Waals surface area contributed by atoms with Gasteiger partial charge in [0.1, 0.15) is 0 Å². The van der Waals surface area contributed by atoms with E-state index in [4.69, 9.17) is 16.7 Å². The Morgan fingerprint density at radius 1 is 1.33 bits per heavy atom. The van der Waals surface area contributed by atoms with Crippen LogP contribution in [0.15, 0.2) is 30.6 Å². The largest absolute Gasteiger partial charge is 0.396 e. The predicted molar refractivity (Wildman–Crippen MR) is 91.8 cm³/mol. The number of aliphatic hydroxyl groups is 1. The van der Waals surface area contributed by atoms with Gasteiger partial charge in [-0.1, -0.05) is 11.6 Å². The van der Waals surface area contributed by atoms with Crippen LogP contribution in [-0.4, -0.2) is 42.1 Å². The van der Waals surface area contributed by atoms with Crippen molar-refractivity contribution in [3.05, 3.63) is 41.2 Å². The Morgan fingerprint density at radius 2 is 2.04 bits per heavy atom. The van der Waals surface area contributed by atoms with Gasteiger partial charge in [-0.05, 0) is 24.6 Å². The summed E-state index contributed by atoms with van der Waals surface area (Å²) in [5.74, 6) is -0.405. The molecule has 3 N–H and O–H groups in total. The van der Waals surface area contributed by atoms with Gasteiger partial charge >= 0.3 is 0 Å². The highest BCUT2D eigenvalue weighted by Gasteiger charge is 2.11. The molecule has 0 atom stereocenters. The standard InChI is InChI=1S/C14H17ClN4O4S/c1-24(22,23)18-13-6-11(15)5-12(7-13)17-14(21)10-8-16-19(9-10)3-2-4-20/h5-9,18,20H,2-4H2,1H3,(H,17,21). The lowest BCUT2D eigenvalue weighted by atomic mass is 10.2. The molecule has 24 heavy (non-hydrogen) atoms. The van der Waals surface area contributed by atoms with Gasteiger partial charge in [0.25, 0.3) is 5.91 Å². The molecule has 8 nitrogen and oxygen atoms in total. The molecule has 130 valence electrons. The summed E-state index contributed by atoms with van der Waals surface area (Å²) in [4.78, 5) is 12.2. The van der Waals surface area contributed by atoms with E-state index in [-0.39, 0.29) is 17.3 Å². The van der Waals surface area contributed by atoms with Gasteiger partial charge in [0.2, 0.25) is 10.0 Å². The maximum atomic E-state index is 12.2. The van der Waals surface area contributed by atoms with Gasteiger partial charge in [-0.25, -0.2) is 8.42 Å². The minimum atomic E-state index is -3.45. The molecule has 0 fully saturated rings. The smallest absolute Gasteiger partial charge is 0.258 e. The first-order valence-electron chi connectivity index (χ1n) is 7.00. The Kier molecular flexibility index (Phi) is 5.81. The third-order valence-corrected chi connectivity index (χ3v) is 3.72. The maximum Gasteiger partial charge on any atom is 0.258 e. The summed E-state index contributed by atoms with van der Waals surface area (Å²) < 4.78 is 26.4. The fourth-order valence-electron chi connectivity index (χ4n) is 1.97. The topological polar surface area (TPSA) is 113 Å². The molecule has 1 aromatic heterocycles. The molecule has 0 aliphatic carbocycles. The molecule has 0 aliphatic rings. The zero-order valence-electron chi connectivity index (χ0n) is 12.9. The fraction of sp³-hybridized carbons (Fsp3) is 0.286. The normalized spacial score (nSPS) is 11.3.